The molecule has 0 aliphatic rings. The Morgan fingerprint density at radius 2 is 1.35 bits per heavy atom. The number of halogens is 6. The molecule has 1 aromatic carbocycles. The van der Waals surface area contributed by atoms with Gasteiger partial charge in [0.05, 0.1) is 17.7 Å². The third-order valence-corrected chi connectivity index (χ3v) is 1.89. The molecule has 8 heteroatoms. The molecule has 1 aromatic rings. The number of ether oxygens (including phenoxy) is 1. The summed E-state index contributed by atoms with van der Waals surface area (Å²) in [5.41, 5.74) is -3.32. The van der Waals surface area contributed by atoms with Gasteiger partial charge in [-0.3, -0.25) is 4.79 Å². The van der Waals surface area contributed by atoms with E-state index in [1.807, 2.05) is 0 Å². The molecule has 0 N–H and O–H groups in total. The molecule has 0 radical (unpaired) electrons. The Kier molecular flexibility index (Phi) is 6.54. The van der Waals surface area contributed by atoms with E-state index < -0.39 is 23.5 Å². The summed E-state index contributed by atoms with van der Waals surface area (Å²) in [6.07, 6.45) is -9.96. The first-order valence-electron chi connectivity index (χ1n) is 5.37. The molecule has 0 aromatic heterocycles. The Balaban J connectivity index is 0.000000511. The minimum absolute atomic E-state index is 0.211. The van der Waals surface area contributed by atoms with E-state index in [-0.39, 0.29) is 5.97 Å². The van der Waals surface area contributed by atoms with Gasteiger partial charge in [0.2, 0.25) is 0 Å². The standard InChI is InChI=1S/C8H4F6.C4H8O2/c9-7(10,11)5-3-1-2-4-6(5)8(12,13)14;1-3-6-4(2)5/h1-4H;3H2,1-2H3. The molecule has 20 heavy (non-hydrogen) atoms. The van der Waals surface area contributed by atoms with Crippen LogP contribution in [-0.2, 0) is 21.9 Å². The van der Waals surface area contributed by atoms with Gasteiger partial charge in [0.15, 0.2) is 0 Å². The molecule has 0 atom stereocenters. The highest BCUT2D eigenvalue weighted by molar-refractivity contribution is 5.65. The average Bonchev–Trinajstić information content (AvgIpc) is 2.27. The summed E-state index contributed by atoms with van der Waals surface area (Å²) in [4.78, 5) is 9.82. The van der Waals surface area contributed by atoms with Crippen LogP contribution < -0.4 is 0 Å². The van der Waals surface area contributed by atoms with Crippen molar-refractivity contribution in [2.45, 2.75) is 26.2 Å². The zero-order valence-electron chi connectivity index (χ0n) is 10.6. The molecule has 0 aliphatic heterocycles. The summed E-state index contributed by atoms with van der Waals surface area (Å²) in [6, 6.07) is 2.64. The number of rotatable bonds is 1. The summed E-state index contributed by atoms with van der Waals surface area (Å²) in [7, 11) is 0. The molecule has 1 rings (SSSR count). The maximum atomic E-state index is 12.1. The smallest absolute Gasteiger partial charge is 0.417 e. The molecule has 0 heterocycles. The van der Waals surface area contributed by atoms with Crippen molar-refractivity contribution in [3.05, 3.63) is 35.4 Å². The average molecular weight is 302 g/mol. The molecule has 0 saturated carbocycles. The number of hydrogen-bond donors (Lipinski definition) is 0. The van der Waals surface area contributed by atoms with Crippen LogP contribution in [0, 0.1) is 0 Å². The quantitative estimate of drug-likeness (QED) is 0.571. The SMILES string of the molecule is CCOC(C)=O.FC(F)(F)c1ccccc1C(F)(F)F. The van der Waals surface area contributed by atoms with E-state index in [1.165, 1.54) is 6.92 Å². The Hall–Kier alpha value is -1.73. The van der Waals surface area contributed by atoms with E-state index >= 15 is 0 Å². The van der Waals surface area contributed by atoms with Gasteiger partial charge in [0.1, 0.15) is 0 Å². The maximum absolute atomic E-state index is 12.1. The third kappa shape index (κ3) is 6.44. The van der Waals surface area contributed by atoms with Crippen molar-refractivity contribution in [2.24, 2.45) is 0 Å². The lowest BCUT2D eigenvalue weighted by atomic mass is 10.1. The topological polar surface area (TPSA) is 26.3 Å². The van der Waals surface area contributed by atoms with Gasteiger partial charge < -0.3 is 4.74 Å². The van der Waals surface area contributed by atoms with Gasteiger partial charge in [-0.05, 0) is 19.1 Å². The second-order valence-corrected chi connectivity index (χ2v) is 3.47. The van der Waals surface area contributed by atoms with E-state index in [0.29, 0.717) is 18.7 Å². The summed E-state index contributed by atoms with van der Waals surface area (Å²) in [5.74, 6) is -0.211. The van der Waals surface area contributed by atoms with Crippen LogP contribution in [0.25, 0.3) is 0 Å². The van der Waals surface area contributed by atoms with Gasteiger partial charge in [-0.25, -0.2) is 0 Å². The summed E-state index contributed by atoms with van der Waals surface area (Å²) in [5, 5.41) is 0. The van der Waals surface area contributed by atoms with Crippen LogP contribution in [0.1, 0.15) is 25.0 Å². The second-order valence-electron chi connectivity index (χ2n) is 3.47. The lowest BCUT2D eigenvalue weighted by Crippen LogP contribution is -2.15. The highest BCUT2D eigenvalue weighted by atomic mass is 19.4. The second kappa shape index (κ2) is 7.16. The van der Waals surface area contributed by atoms with Gasteiger partial charge in [-0.15, -0.1) is 0 Å². The van der Waals surface area contributed by atoms with Crippen molar-refractivity contribution in [1.29, 1.82) is 0 Å². The first kappa shape index (κ1) is 18.3. The van der Waals surface area contributed by atoms with Crippen molar-refractivity contribution in [3.8, 4) is 0 Å². The molecule has 0 spiro atoms. The number of carbonyl (C=O) groups excluding carboxylic acids is 1. The Bertz CT molecular complexity index is 403. The largest absolute Gasteiger partial charge is 0.466 e. The van der Waals surface area contributed by atoms with Crippen LogP contribution in [0.2, 0.25) is 0 Å². The monoisotopic (exact) mass is 302 g/mol. The predicted octanol–water partition coefficient (Wildman–Crippen LogP) is 4.29. The number of hydrogen-bond acceptors (Lipinski definition) is 2. The lowest BCUT2D eigenvalue weighted by molar-refractivity contribution is -0.162. The van der Waals surface area contributed by atoms with Crippen molar-refractivity contribution in [3.63, 3.8) is 0 Å². The number of carbonyl (C=O) groups is 1. The van der Waals surface area contributed by atoms with Crippen molar-refractivity contribution in [2.75, 3.05) is 6.61 Å². The predicted molar refractivity (Wildman–Crippen MR) is 58.8 cm³/mol. The number of esters is 1. The Labute approximate surface area is 111 Å². The van der Waals surface area contributed by atoms with Crippen LogP contribution in [0.3, 0.4) is 0 Å². The van der Waals surface area contributed by atoms with Crippen LogP contribution in [0.5, 0.6) is 0 Å². The molecular weight excluding hydrogens is 290 g/mol. The normalized spacial score (nSPS) is 11.4. The first-order valence-corrected chi connectivity index (χ1v) is 5.37. The highest BCUT2D eigenvalue weighted by Crippen LogP contribution is 2.39. The van der Waals surface area contributed by atoms with Crippen molar-refractivity contribution in [1.82, 2.24) is 0 Å². The molecule has 0 bridgehead atoms. The first-order chi connectivity index (χ1) is 9.00. The van der Waals surface area contributed by atoms with Crippen molar-refractivity contribution < 1.29 is 35.9 Å². The van der Waals surface area contributed by atoms with Gasteiger partial charge in [-0.1, -0.05) is 12.1 Å². The fourth-order valence-electron chi connectivity index (χ4n) is 1.18. The van der Waals surface area contributed by atoms with Gasteiger partial charge >= 0.3 is 18.3 Å². The van der Waals surface area contributed by atoms with E-state index in [0.717, 1.165) is 12.1 Å². The third-order valence-electron chi connectivity index (χ3n) is 1.89. The van der Waals surface area contributed by atoms with E-state index in [9.17, 15) is 31.1 Å². The minimum atomic E-state index is -4.98. The molecule has 0 aliphatic carbocycles. The molecule has 0 unspecified atom stereocenters. The molecule has 0 amide bonds. The van der Waals surface area contributed by atoms with Crippen LogP contribution in [0.15, 0.2) is 24.3 Å². The maximum Gasteiger partial charge on any atom is 0.417 e. The van der Waals surface area contributed by atoms with Crippen LogP contribution >= 0.6 is 0 Å². The van der Waals surface area contributed by atoms with Gasteiger partial charge in [0, 0.05) is 6.92 Å². The zero-order chi connectivity index (χ0) is 16.0. The fraction of sp³-hybridized carbons (Fsp3) is 0.417. The molecule has 2 nitrogen and oxygen atoms in total. The van der Waals surface area contributed by atoms with E-state index in [2.05, 4.69) is 4.74 Å². The summed E-state index contributed by atoms with van der Waals surface area (Å²) < 4.78 is 76.9. The zero-order valence-corrected chi connectivity index (χ0v) is 10.6. The Morgan fingerprint density at radius 1 is 1.00 bits per heavy atom. The van der Waals surface area contributed by atoms with E-state index in [4.69, 9.17) is 0 Å². The summed E-state index contributed by atoms with van der Waals surface area (Å²) >= 11 is 0. The van der Waals surface area contributed by atoms with Crippen LogP contribution in [0.4, 0.5) is 26.3 Å². The highest BCUT2D eigenvalue weighted by Gasteiger charge is 2.42. The van der Waals surface area contributed by atoms with Crippen molar-refractivity contribution >= 4 is 5.97 Å². The minimum Gasteiger partial charge on any atom is -0.466 e. The number of benzene rings is 1. The number of alkyl halides is 6. The lowest BCUT2D eigenvalue weighted by Gasteiger charge is -2.14. The summed E-state index contributed by atoms with van der Waals surface area (Å²) in [6.45, 7) is 3.65. The molecule has 0 fully saturated rings. The van der Waals surface area contributed by atoms with E-state index in [1.54, 1.807) is 6.92 Å². The van der Waals surface area contributed by atoms with Crippen LogP contribution in [-0.4, -0.2) is 12.6 Å². The van der Waals surface area contributed by atoms with Gasteiger partial charge in [-0.2, -0.15) is 26.3 Å². The molecule has 114 valence electrons. The molecular formula is C12H12F6O2. The van der Waals surface area contributed by atoms with Gasteiger partial charge in [0.25, 0.3) is 0 Å². The fourth-order valence-corrected chi connectivity index (χ4v) is 1.18. The Morgan fingerprint density at radius 3 is 1.50 bits per heavy atom. The molecule has 0 saturated heterocycles.